The second-order valence-electron chi connectivity index (χ2n) is 5.87. The van der Waals surface area contributed by atoms with Crippen LogP contribution in [0, 0.1) is 0 Å². The minimum atomic E-state index is -1.27. The van der Waals surface area contributed by atoms with Gasteiger partial charge in [0, 0.05) is 6.20 Å². The molecule has 118 valence electrons. The van der Waals surface area contributed by atoms with Gasteiger partial charge in [-0.1, -0.05) is 4.40 Å². The summed E-state index contributed by atoms with van der Waals surface area (Å²) in [7, 11) is 0. The number of rotatable bonds is 2. The van der Waals surface area contributed by atoms with Crippen LogP contribution in [-0.2, 0) is 16.1 Å². The van der Waals surface area contributed by atoms with Crippen LogP contribution in [-0.4, -0.2) is 37.8 Å². The third-order valence-corrected chi connectivity index (χ3v) is 3.30. The van der Waals surface area contributed by atoms with Crippen LogP contribution < -0.4 is 0 Å². The molecule has 2 rings (SSSR count). The number of hydrogen-bond acceptors (Lipinski definition) is 5. The molecule has 0 amide bonds. The monoisotopic (exact) mass is 321 g/mol. The van der Waals surface area contributed by atoms with Gasteiger partial charge in [0.25, 0.3) is 0 Å². The highest BCUT2D eigenvalue weighted by atomic mass is 32.2. The van der Waals surface area contributed by atoms with Gasteiger partial charge in [-0.25, -0.2) is 9.78 Å². The van der Waals surface area contributed by atoms with E-state index in [1.165, 1.54) is 10.8 Å². The van der Waals surface area contributed by atoms with Crippen LogP contribution in [0.2, 0.25) is 0 Å². The van der Waals surface area contributed by atoms with Crippen LogP contribution in [0.5, 0.6) is 0 Å². The molecule has 0 saturated heterocycles. The number of carbonyl (C=O) groups is 1. The molecule has 0 saturated carbocycles. The predicted molar refractivity (Wildman–Crippen MR) is 87.6 cm³/mol. The Morgan fingerprint density at radius 2 is 2.05 bits per heavy atom. The smallest absolute Gasteiger partial charge is 0.419 e. The number of aromatic nitrogens is 2. The van der Waals surface area contributed by atoms with Gasteiger partial charge in [-0.15, -0.1) is 0 Å². The number of fused-ring (bicyclic) bond motifs is 1. The molecule has 2 aromatic rings. The number of ether oxygens (including phenoxy) is 1. The summed E-state index contributed by atoms with van der Waals surface area (Å²) in [4.78, 5) is 16.6. The molecule has 0 aliphatic heterocycles. The van der Waals surface area contributed by atoms with Gasteiger partial charge >= 0.3 is 6.09 Å². The van der Waals surface area contributed by atoms with Crippen molar-refractivity contribution in [3.8, 4) is 0 Å². The van der Waals surface area contributed by atoms with Crippen LogP contribution in [0.15, 0.2) is 28.8 Å². The van der Waals surface area contributed by atoms with Crippen molar-refractivity contribution in [2.75, 3.05) is 6.26 Å². The number of pyridine rings is 1. The Kier molecular flexibility index (Phi) is 4.58. The maximum absolute atomic E-state index is 12.1. The molecule has 22 heavy (non-hydrogen) atoms. The molecule has 7 heteroatoms. The molecule has 6 nitrogen and oxygen atoms in total. The largest absolute Gasteiger partial charge is 0.591 e. The fraction of sp³-hybridized carbons (Fsp3) is 0.400. The second kappa shape index (κ2) is 6.10. The zero-order valence-electron chi connectivity index (χ0n) is 13.3. The quantitative estimate of drug-likeness (QED) is 0.629. The summed E-state index contributed by atoms with van der Waals surface area (Å²) in [5.74, 6) is 0. The van der Waals surface area contributed by atoms with Crippen LogP contribution in [0.1, 0.15) is 33.4 Å². The molecule has 0 unspecified atom stereocenters. The van der Waals surface area contributed by atoms with Crippen molar-refractivity contribution in [2.45, 2.75) is 33.3 Å². The van der Waals surface area contributed by atoms with Gasteiger partial charge in [-0.3, -0.25) is 4.57 Å². The topological polar surface area (TPSA) is 79.5 Å². The van der Waals surface area contributed by atoms with E-state index in [1.807, 2.05) is 20.8 Å². The van der Waals surface area contributed by atoms with Crippen molar-refractivity contribution in [2.24, 2.45) is 4.40 Å². The molecular weight excluding hydrogens is 302 g/mol. The average molecular weight is 321 g/mol. The molecule has 0 aromatic carbocycles. The number of carbonyl (C=O) groups excluding carboxylic acids is 1. The van der Waals surface area contributed by atoms with E-state index in [4.69, 9.17) is 4.74 Å². The van der Waals surface area contributed by atoms with Crippen LogP contribution in [0.25, 0.3) is 11.0 Å². The van der Waals surface area contributed by atoms with E-state index in [-0.39, 0.29) is 0 Å². The van der Waals surface area contributed by atoms with Crippen LogP contribution in [0.3, 0.4) is 0 Å². The predicted octanol–water partition coefficient (Wildman–Crippen LogP) is 2.92. The SMILES string of the molecule is C/C(=N\[S@@+](C)[O-])c1ccc2c(ccn2C(=O)OC(C)(C)C)n1. The zero-order valence-corrected chi connectivity index (χ0v) is 14.1. The minimum absolute atomic E-state index is 0.447. The summed E-state index contributed by atoms with van der Waals surface area (Å²) in [6.07, 6.45) is 2.68. The van der Waals surface area contributed by atoms with Gasteiger partial charge in [-0.05, 0) is 45.9 Å². The Bertz CT molecular complexity index is 729. The van der Waals surface area contributed by atoms with Crippen molar-refractivity contribution >= 4 is 34.2 Å². The van der Waals surface area contributed by atoms with Gasteiger partial charge in [0.15, 0.2) is 0 Å². The van der Waals surface area contributed by atoms with Gasteiger partial charge in [-0.2, -0.15) is 0 Å². The first kappa shape index (κ1) is 16.5. The van der Waals surface area contributed by atoms with Crippen molar-refractivity contribution in [3.05, 3.63) is 30.1 Å². The highest BCUT2D eigenvalue weighted by molar-refractivity contribution is 7.89. The first-order valence-electron chi connectivity index (χ1n) is 6.78. The molecule has 0 fully saturated rings. The van der Waals surface area contributed by atoms with Crippen molar-refractivity contribution in [1.29, 1.82) is 0 Å². The average Bonchev–Trinajstić information content (AvgIpc) is 2.78. The Morgan fingerprint density at radius 1 is 1.36 bits per heavy atom. The van der Waals surface area contributed by atoms with Crippen LogP contribution in [0.4, 0.5) is 4.79 Å². The lowest BCUT2D eigenvalue weighted by atomic mass is 10.2. The van der Waals surface area contributed by atoms with Crippen molar-refractivity contribution in [3.63, 3.8) is 0 Å². The molecule has 1 atom stereocenters. The van der Waals surface area contributed by atoms with E-state index >= 15 is 0 Å². The normalized spacial score (nSPS) is 14.2. The number of nitrogens with zero attached hydrogens (tertiary/aromatic N) is 3. The van der Waals surface area contributed by atoms with E-state index in [0.29, 0.717) is 22.4 Å². The Labute approximate surface area is 132 Å². The van der Waals surface area contributed by atoms with E-state index in [9.17, 15) is 9.35 Å². The van der Waals surface area contributed by atoms with Crippen molar-refractivity contribution < 1.29 is 14.1 Å². The van der Waals surface area contributed by atoms with Gasteiger partial charge in [0.1, 0.15) is 17.6 Å². The summed E-state index contributed by atoms with van der Waals surface area (Å²) in [5, 5.41) is 0. The third-order valence-electron chi connectivity index (χ3n) is 2.77. The van der Waals surface area contributed by atoms with Gasteiger partial charge in [0.05, 0.1) is 28.1 Å². The molecule has 0 aliphatic carbocycles. The van der Waals surface area contributed by atoms with E-state index < -0.39 is 23.1 Å². The minimum Gasteiger partial charge on any atom is -0.591 e. The molecule has 0 spiro atoms. The first-order chi connectivity index (χ1) is 10.2. The summed E-state index contributed by atoms with van der Waals surface area (Å²) >= 11 is -1.27. The number of hydrogen-bond donors (Lipinski definition) is 0. The fourth-order valence-corrected chi connectivity index (χ4v) is 2.41. The van der Waals surface area contributed by atoms with E-state index in [2.05, 4.69) is 9.38 Å². The summed E-state index contributed by atoms with van der Waals surface area (Å²) in [6.45, 7) is 7.20. The highest BCUT2D eigenvalue weighted by Crippen LogP contribution is 2.17. The lowest BCUT2D eigenvalue weighted by Crippen LogP contribution is -2.26. The Balaban J connectivity index is 2.37. The standard InChI is InChI=1S/C15H19N3O3S/c1-10(17-22(5)20)11-6-7-13-12(16-11)8-9-18(13)14(19)21-15(2,3)4/h6-9H,1-5H3/b17-10+/t22-/m1/s1. The second-order valence-corrected chi connectivity index (χ2v) is 6.90. The van der Waals surface area contributed by atoms with Crippen molar-refractivity contribution in [1.82, 2.24) is 9.55 Å². The Hall–Kier alpha value is -1.86. The maximum atomic E-state index is 12.1. The fourth-order valence-electron chi connectivity index (χ4n) is 1.93. The van der Waals surface area contributed by atoms with Crippen LogP contribution >= 0.6 is 0 Å². The molecule has 0 bridgehead atoms. The molecule has 0 aliphatic rings. The maximum Gasteiger partial charge on any atom is 0.419 e. The summed E-state index contributed by atoms with van der Waals surface area (Å²) in [6, 6.07) is 5.26. The molecule has 0 radical (unpaired) electrons. The molecule has 0 N–H and O–H groups in total. The Morgan fingerprint density at radius 3 is 2.64 bits per heavy atom. The lowest BCUT2D eigenvalue weighted by Gasteiger charge is -2.19. The lowest BCUT2D eigenvalue weighted by molar-refractivity contribution is 0.0544. The van der Waals surface area contributed by atoms with Gasteiger partial charge in [0.2, 0.25) is 0 Å². The van der Waals surface area contributed by atoms with E-state index in [1.54, 1.807) is 31.3 Å². The first-order valence-corrected chi connectivity index (χ1v) is 8.29. The third kappa shape index (κ3) is 3.86. The zero-order chi connectivity index (χ0) is 16.5. The summed E-state index contributed by atoms with van der Waals surface area (Å²) in [5.41, 5.74) is 1.97. The van der Waals surface area contributed by atoms with Gasteiger partial charge < -0.3 is 9.29 Å². The van der Waals surface area contributed by atoms with E-state index in [0.717, 1.165) is 0 Å². The summed E-state index contributed by atoms with van der Waals surface area (Å²) < 4.78 is 21.9. The molecular formula is C15H19N3O3S. The molecule has 2 aromatic heterocycles. The molecule has 2 heterocycles. The highest BCUT2D eigenvalue weighted by Gasteiger charge is 2.19.